The van der Waals surface area contributed by atoms with E-state index < -0.39 is 5.91 Å². The molecule has 12 nitrogen and oxygen atoms in total. The molecule has 0 unspecified atom stereocenters. The second-order valence-corrected chi connectivity index (χ2v) is 12.1. The number of nitrogens with zero attached hydrogens (tertiary/aromatic N) is 2. The van der Waals surface area contributed by atoms with Crippen molar-refractivity contribution in [1.82, 2.24) is 14.9 Å². The molecule has 53 heavy (non-hydrogen) atoms. The Balaban J connectivity index is 0.000000204. The number of hydrogen-bond acceptors (Lipinski definition) is 6. The molecular weight excluding hydrogens is 670 g/mol. The number of nitrogens with two attached hydrogens (primary N) is 1. The van der Waals surface area contributed by atoms with Crippen LogP contribution < -0.4 is 21.7 Å². The number of H-pyrrole nitrogens is 1. The van der Waals surface area contributed by atoms with Gasteiger partial charge >= 0.3 is 5.97 Å². The molecule has 0 aliphatic heterocycles. The van der Waals surface area contributed by atoms with Crippen LogP contribution in [0, 0.1) is 0 Å². The van der Waals surface area contributed by atoms with E-state index in [4.69, 9.17) is 10.5 Å². The fourth-order valence-electron chi connectivity index (χ4n) is 5.77. The van der Waals surface area contributed by atoms with Crippen molar-refractivity contribution in [3.63, 3.8) is 0 Å². The highest BCUT2D eigenvalue weighted by Gasteiger charge is 2.18. The quantitative estimate of drug-likeness (QED) is 0.0596. The van der Waals surface area contributed by atoms with Crippen molar-refractivity contribution in [3.05, 3.63) is 132 Å². The Morgan fingerprint density at radius 3 is 1.91 bits per heavy atom. The number of amides is 3. The van der Waals surface area contributed by atoms with Gasteiger partial charge in [-0.15, -0.1) is 0 Å². The number of hydrogen-bond donors (Lipinski definition) is 5. The van der Waals surface area contributed by atoms with Crippen LogP contribution in [0.4, 0.5) is 11.4 Å². The van der Waals surface area contributed by atoms with Crippen LogP contribution in [0.25, 0.3) is 21.8 Å². The number of aromatic nitrogens is 2. The topological polar surface area (TPSA) is 173 Å². The fraction of sp³-hybridized carbons (Fsp3) is 0.195. The van der Waals surface area contributed by atoms with Gasteiger partial charge in [0.25, 0.3) is 5.91 Å². The number of esters is 1. The predicted molar refractivity (Wildman–Crippen MR) is 209 cm³/mol. The van der Waals surface area contributed by atoms with Gasteiger partial charge in [-0.1, -0.05) is 84.9 Å². The summed E-state index contributed by atoms with van der Waals surface area (Å²) >= 11 is 0. The Morgan fingerprint density at radius 2 is 1.32 bits per heavy atom. The molecule has 6 rings (SSSR count). The molecule has 0 atom stereocenters. The minimum absolute atomic E-state index is 0.0353. The highest BCUT2D eigenvalue weighted by atomic mass is 16.5. The summed E-state index contributed by atoms with van der Waals surface area (Å²) in [5, 5.41) is 10.1. The summed E-state index contributed by atoms with van der Waals surface area (Å²) in [5.41, 5.74) is 11.4. The zero-order valence-electron chi connectivity index (χ0n) is 29.9. The number of ether oxygens (including phenoxy) is 1. The van der Waals surface area contributed by atoms with Crippen LogP contribution in [0.15, 0.2) is 114 Å². The number of carbonyl (C=O) groups excluding carboxylic acids is 4. The van der Waals surface area contributed by atoms with Gasteiger partial charge in [0.1, 0.15) is 11.4 Å². The molecule has 2 heterocycles. The first-order valence-corrected chi connectivity index (χ1v) is 17.2. The van der Waals surface area contributed by atoms with Crippen LogP contribution in [0.2, 0.25) is 0 Å². The monoisotopic (exact) mass is 713 g/mol. The largest absolute Gasteiger partial charge is 0.461 e. The molecule has 272 valence electrons. The van der Waals surface area contributed by atoms with Crippen molar-refractivity contribution in [2.45, 2.75) is 32.6 Å². The number of anilines is 2. The summed E-state index contributed by atoms with van der Waals surface area (Å²) in [7, 11) is 3.29. The predicted octanol–water partition coefficient (Wildman–Crippen LogP) is 6.34. The number of aliphatic imine (C=N–C) groups is 1. The minimum atomic E-state index is -0.393. The number of aryl methyl sites for hydroxylation is 3. The zero-order valence-corrected chi connectivity index (χ0v) is 29.9. The van der Waals surface area contributed by atoms with Gasteiger partial charge in [-0.2, -0.15) is 0 Å². The lowest BCUT2D eigenvalue weighted by molar-refractivity contribution is -0.117. The van der Waals surface area contributed by atoms with Crippen LogP contribution in [0.3, 0.4) is 0 Å². The lowest BCUT2D eigenvalue weighted by atomic mass is 10.1. The molecule has 2 aromatic heterocycles. The van der Waals surface area contributed by atoms with Gasteiger partial charge in [0, 0.05) is 37.7 Å². The van der Waals surface area contributed by atoms with Crippen molar-refractivity contribution in [3.8, 4) is 0 Å². The Morgan fingerprint density at radius 1 is 0.755 bits per heavy atom. The van der Waals surface area contributed by atoms with Crippen LogP contribution >= 0.6 is 0 Å². The molecule has 0 aliphatic rings. The maximum atomic E-state index is 12.4. The minimum Gasteiger partial charge on any atom is -0.461 e. The lowest BCUT2D eigenvalue weighted by Gasteiger charge is -2.10. The number of carbonyl (C=O) groups is 4. The van der Waals surface area contributed by atoms with Crippen LogP contribution in [0.1, 0.15) is 51.9 Å². The van der Waals surface area contributed by atoms with E-state index in [0.717, 1.165) is 27.4 Å². The van der Waals surface area contributed by atoms with E-state index in [2.05, 4.69) is 25.9 Å². The van der Waals surface area contributed by atoms with E-state index >= 15 is 0 Å². The zero-order chi connectivity index (χ0) is 37.7. The summed E-state index contributed by atoms with van der Waals surface area (Å²) in [5.74, 6) is -0.870. The van der Waals surface area contributed by atoms with Gasteiger partial charge in [-0.25, -0.2) is 4.79 Å². The van der Waals surface area contributed by atoms with Gasteiger partial charge in [0.15, 0.2) is 5.96 Å². The third kappa shape index (κ3) is 9.97. The summed E-state index contributed by atoms with van der Waals surface area (Å²) < 4.78 is 6.86. The number of benzene rings is 4. The first-order valence-electron chi connectivity index (χ1n) is 17.2. The Labute approximate surface area is 307 Å². The molecule has 0 bridgehead atoms. The average Bonchev–Trinajstić information content (AvgIpc) is 3.77. The van der Waals surface area contributed by atoms with Crippen molar-refractivity contribution < 1.29 is 23.9 Å². The number of nitrogens with one attached hydrogen (secondary N) is 4. The van der Waals surface area contributed by atoms with Crippen LogP contribution in [-0.4, -0.2) is 52.9 Å². The number of rotatable bonds is 11. The molecule has 0 fully saturated rings. The fourth-order valence-corrected chi connectivity index (χ4v) is 5.77. The SMILES string of the molecule is CCOC(=O)c1cc2cccc(NC(=O)CCc3ccccc3)c2n1C.CN=C(N)NC(=O)c1cc2cccc(NC(=O)CCc3ccccc3)c2[nH]1. The Bertz CT molecular complexity index is 2240. The first kappa shape index (κ1) is 37.6. The molecule has 0 saturated heterocycles. The standard InChI is InChI=1S/C21H22N2O3.C20H21N5O2/c1-3-26-21(25)18-14-16-10-7-11-17(20(16)23(18)2)22-19(24)13-12-15-8-5-4-6-9-15;1-22-20(21)25-19(27)16-12-14-8-5-9-15(18(14)24-16)23-17(26)11-10-13-6-3-2-4-7-13/h4-11,14H,3,12-13H2,1-2H3,(H,22,24);2-9,12,24H,10-11H2,1H3,(H,23,26)(H3,21,22,25,27). The average molecular weight is 714 g/mol. The third-order valence-electron chi connectivity index (χ3n) is 8.44. The highest BCUT2D eigenvalue weighted by Crippen LogP contribution is 2.27. The molecular formula is C41H43N7O5. The maximum absolute atomic E-state index is 12.4. The molecule has 0 aliphatic carbocycles. The Hall–Kier alpha value is -6.69. The van der Waals surface area contributed by atoms with Crippen LogP contribution in [-0.2, 0) is 34.2 Å². The molecule has 4 aromatic carbocycles. The molecule has 6 aromatic rings. The highest BCUT2D eigenvalue weighted by molar-refractivity contribution is 6.09. The van der Waals surface area contributed by atoms with Gasteiger partial charge in [-0.3, -0.25) is 24.7 Å². The number of guanidine groups is 1. The number of para-hydroxylation sites is 2. The van der Waals surface area contributed by atoms with Gasteiger partial charge < -0.3 is 30.7 Å². The number of aromatic amines is 1. The molecule has 0 saturated carbocycles. The smallest absolute Gasteiger partial charge is 0.354 e. The van der Waals surface area contributed by atoms with Crippen LogP contribution in [0.5, 0.6) is 0 Å². The van der Waals surface area contributed by atoms with E-state index in [1.54, 1.807) is 36.7 Å². The summed E-state index contributed by atoms with van der Waals surface area (Å²) in [4.78, 5) is 55.7. The second kappa shape index (κ2) is 18.0. The van der Waals surface area contributed by atoms with E-state index in [1.807, 2.05) is 91.0 Å². The van der Waals surface area contributed by atoms with Gasteiger partial charge in [0.05, 0.1) is 29.0 Å². The van der Waals surface area contributed by atoms with Gasteiger partial charge in [-0.05, 0) is 55.2 Å². The van der Waals surface area contributed by atoms with Crippen molar-refractivity contribution >= 4 is 62.8 Å². The molecule has 12 heteroatoms. The summed E-state index contributed by atoms with van der Waals surface area (Å²) in [6, 6.07) is 34.4. The lowest BCUT2D eigenvalue weighted by Crippen LogP contribution is -2.36. The van der Waals surface area contributed by atoms with Gasteiger partial charge in [0.2, 0.25) is 11.8 Å². The second-order valence-electron chi connectivity index (χ2n) is 12.1. The Kier molecular flexibility index (Phi) is 12.8. The summed E-state index contributed by atoms with van der Waals surface area (Å²) in [6.45, 7) is 2.10. The van der Waals surface area contributed by atoms with E-state index in [1.165, 1.54) is 7.05 Å². The maximum Gasteiger partial charge on any atom is 0.354 e. The van der Waals surface area contributed by atoms with E-state index in [0.29, 0.717) is 60.6 Å². The normalized spacial score (nSPS) is 11.0. The van der Waals surface area contributed by atoms with E-state index in [9.17, 15) is 19.2 Å². The molecule has 0 radical (unpaired) electrons. The van der Waals surface area contributed by atoms with E-state index in [-0.39, 0.29) is 23.7 Å². The van der Waals surface area contributed by atoms with Crippen molar-refractivity contribution in [2.75, 3.05) is 24.3 Å². The number of fused-ring (bicyclic) bond motifs is 2. The summed E-state index contributed by atoms with van der Waals surface area (Å²) in [6.07, 6.45) is 2.12. The van der Waals surface area contributed by atoms with Crippen molar-refractivity contribution in [1.29, 1.82) is 0 Å². The molecule has 0 spiro atoms. The molecule has 6 N–H and O–H groups in total. The molecule has 3 amide bonds. The first-order chi connectivity index (χ1) is 25.7. The third-order valence-corrected chi connectivity index (χ3v) is 8.44. The van der Waals surface area contributed by atoms with Crippen molar-refractivity contribution in [2.24, 2.45) is 17.8 Å².